The molecule has 0 heterocycles. The molecule has 1 saturated carbocycles. The number of rotatable bonds is 4. The van der Waals surface area contributed by atoms with Crippen LogP contribution in [0.5, 0.6) is 0 Å². The number of carbonyl (C=O) groups excluding carboxylic acids is 1. The van der Waals surface area contributed by atoms with Crippen molar-refractivity contribution >= 4 is 5.97 Å². The van der Waals surface area contributed by atoms with Crippen molar-refractivity contribution < 1.29 is 14.3 Å². The number of hydrogen-bond acceptors (Lipinski definition) is 4. The van der Waals surface area contributed by atoms with Gasteiger partial charge < -0.3 is 15.2 Å². The Morgan fingerprint density at radius 1 is 1.58 bits per heavy atom. The maximum Gasteiger partial charge on any atom is 0.325 e. The second-order valence-corrected chi connectivity index (χ2v) is 3.09. The molecule has 0 aromatic heterocycles. The Morgan fingerprint density at radius 2 is 2.17 bits per heavy atom. The first-order valence-electron chi connectivity index (χ1n) is 4.14. The third kappa shape index (κ3) is 2.46. The largest absolute Gasteiger partial charge is 0.468 e. The van der Waals surface area contributed by atoms with Gasteiger partial charge in [0, 0.05) is 0 Å². The van der Waals surface area contributed by atoms with Crippen molar-refractivity contribution in [1.82, 2.24) is 0 Å². The van der Waals surface area contributed by atoms with Crippen LogP contribution in [0.15, 0.2) is 0 Å². The predicted molar refractivity (Wildman–Crippen MR) is 43.6 cm³/mol. The Hall–Kier alpha value is -0.610. The lowest BCUT2D eigenvalue weighted by Gasteiger charge is -2.17. The highest BCUT2D eigenvalue weighted by Crippen LogP contribution is 2.25. The Morgan fingerprint density at radius 3 is 2.58 bits per heavy atom. The minimum atomic E-state index is -0.657. The molecule has 70 valence electrons. The summed E-state index contributed by atoms with van der Waals surface area (Å²) in [5, 5.41) is 0. The monoisotopic (exact) mass is 173 g/mol. The first-order valence-corrected chi connectivity index (χ1v) is 4.14. The molecule has 0 aliphatic heterocycles. The smallest absolute Gasteiger partial charge is 0.325 e. The van der Waals surface area contributed by atoms with Crippen LogP contribution in [-0.4, -0.2) is 31.3 Å². The van der Waals surface area contributed by atoms with Crippen LogP contribution >= 0.6 is 0 Å². The standard InChI is InChI=1S/C8H15NO3/c1-5(12-6-3-4-6)7(9)8(10)11-2/h5-7H,3-4,9H2,1-2H3/t5-,7+/m1/s1. The van der Waals surface area contributed by atoms with Gasteiger partial charge in [0.25, 0.3) is 0 Å². The van der Waals surface area contributed by atoms with E-state index in [1.807, 2.05) is 0 Å². The van der Waals surface area contributed by atoms with Gasteiger partial charge in [0.05, 0.1) is 19.3 Å². The van der Waals surface area contributed by atoms with Crippen LogP contribution in [0.25, 0.3) is 0 Å². The van der Waals surface area contributed by atoms with Crippen molar-refractivity contribution in [2.75, 3.05) is 7.11 Å². The summed E-state index contributed by atoms with van der Waals surface area (Å²) >= 11 is 0. The zero-order chi connectivity index (χ0) is 9.14. The normalized spacial score (nSPS) is 21.6. The van der Waals surface area contributed by atoms with Gasteiger partial charge in [0.2, 0.25) is 0 Å². The summed E-state index contributed by atoms with van der Waals surface area (Å²) in [4.78, 5) is 10.9. The number of esters is 1. The van der Waals surface area contributed by atoms with E-state index in [1.165, 1.54) is 7.11 Å². The third-order valence-corrected chi connectivity index (χ3v) is 1.91. The molecule has 0 unspecified atom stereocenters. The fourth-order valence-corrected chi connectivity index (χ4v) is 0.920. The molecule has 4 nitrogen and oxygen atoms in total. The van der Waals surface area contributed by atoms with Crippen molar-refractivity contribution in [2.24, 2.45) is 5.73 Å². The molecule has 0 spiro atoms. The number of nitrogens with two attached hydrogens (primary N) is 1. The molecule has 2 atom stereocenters. The molecule has 4 heteroatoms. The maximum atomic E-state index is 10.9. The number of hydrogen-bond donors (Lipinski definition) is 1. The summed E-state index contributed by atoms with van der Waals surface area (Å²) in [6.07, 6.45) is 2.23. The van der Waals surface area contributed by atoms with Crippen LogP contribution < -0.4 is 5.73 Å². The summed E-state index contributed by atoms with van der Waals surface area (Å²) in [6.45, 7) is 1.79. The molecule has 1 aliphatic carbocycles. The highest BCUT2D eigenvalue weighted by molar-refractivity contribution is 5.75. The van der Waals surface area contributed by atoms with Crippen molar-refractivity contribution in [3.05, 3.63) is 0 Å². The maximum absolute atomic E-state index is 10.9. The average Bonchev–Trinajstić information content (AvgIpc) is 2.85. The Bertz CT molecular complexity index is 168. The molecule has 1 rings (SSSR count). The van der Waals surface area contributed by atoms with E-state index in [-0.39, 0.29) is 6.10 Å². The lowest BCUT2D eigenvalue weighted by Crippen LogP contribution is -2.42. The molecule has 0 amide bonds. The Labute approximate surface area is 72.0 Å². The lowest BCUT2D eigenvalue weighted by atomic mass is 10.2. The van der Waals surface area contributed by atoms with Gasteiger partial charge in [0.15, 0.2) is 0 Å². The van der Waals surface area contributed by atoms with Crippen LogP contribution in [0.2, 0.25) is 0 Å². The van der Waals surface area contributed by atoms with Gasteiger partial charge in [-0.25, -0.2) is 0 Å². The van der Waals surface area contributed by atoms with Crippen LogP contribution in [-0.2, 0) is 14.3 Å². The number of carbonyl (C=O) groups is 1. The van der Waals surface area contributed by atoms with Crippen LogP contribution in [0, 0.1) is 0 Å². The topological polar surface area (TPSA) is 61.5 Å². The predicted octanol–water partition coefficient (Wildman–Crippen LogP) is 0.0542. The summed E-state index contributed by atoms with van der Waals surface area (Å²) < 4.78 is 9.91. The summed E-state index contributed by atoms with van der Waals surface area (Å²) in [5.74, 6) is -0.414. The number of ether oxygens (including phenoxy) is 2. The molecular formula is C8H15NO3. The van der Waals surface area contributed by atoms with Crippen LogP contribution in [0.3, 0.4) is 0 Å². The number of methoxy groups -OCH3 is 1. The van der Waals surface area contributed by atoms with E-state index in [0.717, 1.165) is 12.8 Å². The second kappa shape index (κ2) is 3.87. The Kier molecular flexibility index (Phi) is 3.05. The zero-order valence-corrected chi connectivity index (χ0v) is 7.45. The van der Waals surface area contributed by atoms with Crippen molar-refractivity contribution in [3.8, 4) is 0 Å². The summed E-state index contributed by atoms with van der Waals surface area (Å²) in [7, 11) is 1.33. The molecule has 1 fully saturated rings. The van der Waals surface area contributed by atoms with E-state index in [1.54, 1.807) is 6.92 Å². The van der Waals surface area contributed by atoms with Crippen molar-refractivity contribution in [1.29, 1.82) is 0 Å². The van der Waals surface area contributed by atoms with Gasteiger partial charge in [-0.05, 0) is 19.8 Å². The molecule has 12 heavy (non-hydrogen) atoms. The fraction of sp³-hybridized carbons (Fsp3) is 0.875. The molecule has 0 saturated heterocycles. The second-order valence-electron chi connectivity index (χ2n) is 3.09. The lowest BCUT2D eigenvalue weighted by molar-refractivity contribution is -0.145. The van der Waals surface area contributed by atoms with Crippen molar-refractivity contribution in [3.63, 3.8) is 0 Å². The average molecular weight is 173 g/mol. The summed E-state index contributed by atoms with van der Waals surface area (Å²) in [6, 6.07) is -0.657. The first kappa shape index (κ1) is 9.48. The van der Waals surface area contributed by atoms with Gasteiger partial charge in [-0.1, -0.05) is 0 Å². The van der Waals surface area contributed by atoms with Gasteiger partial charge in [-0.15, -0.1) is 0 Å². The minimum absolute atomic E-state index is 0.245. The highest BCUT2D eigenvalue weighted by Gasteiger charge is 2.29. The van der Waals surface area contributed by atoms with E-state index in [2.05, 4.69) is 4.74 Å². The van der Waals surface area contributed by atoms with Crippen LogP contribution in [0.1, 0.15) is 19.8 Å². The highest BCUT2D eigenvalue weighted by atomic mass is 16.5. The minimum Gasteiger partial charge on any atom is -0.468 e. The van der Waals surface area contributed by atoms with E-state index < -0.39 is 12.0 Å². The Balaban J connectivity index is 2.28. The molecule has 0 aromatic carbocycles. The first-order chi connectivity index (χ1) is 5.65. The van der Waals surface area contributed by atoms with E-state index >= 15 is 0 Å². The molecule has 2 N–H and O–H groups in total. The van der Waals surface area contributed by atoms with E-state index in [9.17, 15) is 4.79 Å². The molecule has 0 aromatic rings. The molecule has 0 radical (unpaired) electrons. The van der Waals surface area contributed by atoms with Crippen LogP contribution in [0.4, 0.5) is 0 Å². The quantitative estimate of drug-likeness (QED) is 0.610. The third-order valence-electron chi connectivity index (χ3n) is 1.91. The zero-order valence-electron chi connectivity index (χ0n) is 7.45. The van der Waals surface area contributed by atoms with Gasteiger partial charge in [-0.3, -0.25) is 4.79 Å². The van der Waals surface area contributed by atoms with E-state index in [4.69, 9.17) is 10.5 Å². The summed E-state index contributed by atoms with van der Waals surface area (Å²) in [5.41, 5.74) is 5.55. The van der Waals surface area contributed by atoms with Crippen molar-refractivity contribution in [2.45, 2.75) is 38.0 Å². The van der Waals surface area contributed by atoms with Gasteiger partial charge in [-0.2, -0.15) is 0 Å². The van der Waals surface area contributed by atoms with Gasteiger partial charge >= 0.3 is 5.97 Å². The van der Waals surface area contributed by atoms with E-state index in [0.29, 0.717) is 6.10 Å². The molecule has 1 aliphatic rings. The molecular weight excluding hydrogens is 158 g/mol. The SMILES string of the molecule is COC(=O)[C@@H](N)[C@@H](C)OC1CC1. The molecule has 0 bridgehead atoms. The fourth-order valence-electron chi connectivity index (χ4n) is 0.920. The van der Waals surface area contributed by atoms with Gasteiger partial charge in [0.1, 0.15) is 6.04 Å².